The topological polar surface area (TPSA) is 25.8 Å². The monoisotopic (exact) mass is 268 g/mol. The van der Waals surface area contributed by atoms with Gasteiger partial charge in [0, 0.05) is 22.2 Å². The van der Waals surface area contributed by atoms with Crippen molar-refractivity contribution in [1.82, 2.24) is 9.97 Å². The fraction of sp³-hybridized carbons (Fsp3) is 0.125. The lowest BCUT2D eigenvalue weighted by Gasteiger charge is -2.09. The zero-order chi connectivity index (χ0) is 13.2. The molecule has 3 heteroatoms. The van der Waals surface area contributed by atoms with Crippen LogP contribution in [0.4, 0.5) is 0 Å². The highest BCUT2D eigenvalue weighted by Gasteiger charge is 2.10. The molecule has 0 N–H and O–H groups in total. The van der Waals surface area contributed by atoms with Crippen molar-refractivity contribution in [2.24, 2.45) is 0 Å². The highest BCUT2D eigenvalue weighted by Crippen LogP contribution is 2.29. The van der Waals surface area contributed by atoms with Crippen molar-refractivity contribution < 1.29 is 0 Å². The second-order valence-corrected chi connectivity index (χ2v) is 4.76. The van der Waals surface area contributed by atoms with Gasteiger partial charge in [0.2, 0.25) is 0 Å². The molecule has 0 saturated heterocycles. The van der Waals surface area contributed by atoms with E-state index in [4.69, 9.17) is 16.6 Å². The van der Waals surface area contributed by atoms with Gasteiger partial charge in [-0.15, -0.1) is 0 Å². The Morgan fingerprint density at radius 1 is 1.11 bits per heavy atom. The first-order valence-electron chi connectivity index (χ1n) is 6.29. The average Bonchev–Trinajstić information content (AvgIpc) is 2.47. The minimum atomic E-state index is 0.727. The molecule has 0 spiro atoms. The first-order valence-corrected chi connectivity index (χ1v) is 6.67. The third kappa shape index (κ3) is 2.20. The van der Waals surface area contributed by atoms with Gasteiger partial charge in [0.25, 0.3) is 0 Å². The third-order valence-electron chi connectivity index (χ3n) is 3.16. The van der Waals surface area contributed by atoms with Crippen LogP contribution >= 0.6 is 11.6 Å². The lowest BCUT2D eigenvalue weighted by molar-refractivity contribution is 1.05. The van der Waals surface area contributed by atoms with Crippen LogP contribution in [0.2, 0.25) is 5.02 Å². The number of aryl methyl sites for hydroxylation is 1. The fourth-order valence-corrected chi connectivity index (χ4v) is 2.44. The number of pyridine rings is 2. The molecule has 0 unspecified atom stereocenters. The van der Waals surface area contributed by atoms with Gasteiger partial charge >= 0.3 is 0 Å². The van der Waals surface area contributed by atoms with Gasteiger partial charge in [0.1, 0.15) is 0 Å². The van der Waals surface area contributed by atoms with E-state index in [9.17, 15) is 0 Å². The second kappa shape index (κ2) is 4.98. The molecule has 2 heterocycles. The van der Waals surface area contributed by atoms with E-state index in [0.717, 1.165) is 39.3 Å². The summed E-state index contributed by atoms with van der Waals surface area (Å²) in [5.41, 5.74) is 3.98. The molecule has 0 bridgehead atoms. The Labute approximate surface area is 117 Å². The van der Waals surface area contributed by atoms with Crippen LogP contribution in [0.3, 0.4) is 0 Å². The van der Waals surface area contributed by atoms with Gasteiger partial charge in [-0.25, -0.2) is 0 Å². The fourth-order valence-electron chi connectivity index (χ4n) is 2.21. The van der Waals surface area contributed by atoms with Gasteiger partial charge < -0.3 is 0 Å². The van der Waals surface area contributed by atoms with Crippen LogP contribution in [0.5, 0.6) is 0 Å². The minimum absolute atomic E-state index is 0.727. The van der Waals surface area contributed by atoms with Gasteiger partial charge in [0.05, 0.1) is 16.9 Å². The summed E-state index contributed by atoms with van der Waals surface area (Å²) < 4.78 is 0. The average molecular weight is 269 g/mol. The molecule has 0 fully saturated rings. The summed E-state index contributed by atoms with van der Waals surface area (Å²) >= 11 is 6.25. The van der Waals surface area contributed by atoms with E-state index in [-0.39, 0.29) is 0 Å². The van der Waals surface area contributed by atoms with Crippen LogP contribution in [0, 0.1) is 0 Å². The molecule has 3 aromatic rings. The highest BCUT2D eigenvalue weighted by molar-refractivity contribution is 6.35. The maximum atomic E-state index is 6.25. The van der Waals surface area contributed by atoms with Crippen LogP contribution in [0.15, 0.2) is 48.7 Å². The van der Waals surface area contributed by atoms with E-state index in [2.05, 4.69) is 18.0 Å². The maximum absolute atomic E-state index is 6.25. The first kappa shape index (κ1) is 12.1. The van der Waals surface area contributed by atoms with E-state index in [0.29, 0.717) is 0 Å². The van der Waals surface area contributed by atoms with Crippen LogP contribution in [-0.4, -0.2) is 9.97 Å². The van der Waals surface area contributed by atoms with Crippen molar-refractivity contribution >= 4 is 22.5 Å². The van der Waals surface area contributed by atoms with Crippen molar-refractivity contribution in [2.75, 3.05) is 0 Å². The first-order chi connectivity index (χ1) is 9.29. The molecule has 3 rings (SSSR count). The molecule has 0 atom stereocenters. The van der Waals surface area contributed by atoms with Crippen LogP contribution in [0.25, 0.3) is 22.2 Å². The SMILES string of the molecule is CCc1nc2cccc(Cl)c2cc1-c1ccccn1. The molecule has 94 valence electrons. The Bertz CT molecular complexity index is 723. The zero-order valence-corrected chi connectivity index (χ0v) is 11.4. The second-order valence-electron chi connectivity index (χ2n) is 4.36. The Balaban J connectivity index is 2.32. The Morgan fingerprint density at radius 2 is 2.00 bits per heavy atom. The molecule has 0 aliphatic carbocycles. The standard InChI is InChI=1S/C16H13ClN2/c1-2-14-12(15-7-3-4-9-18-15)10-11-13(17)6-5-8-16(11)19-14/h3-10H,2H2,1H3. The number of aromatic nitrogens is 2. The Hall–Kier alpha value is -1.93. The smallest absolute Gasteiger partial charge is 0.0720 e. The lowest BCUT2D eigenvalue weighted by atomic mass is 10.0. The summed E-state index contributed by atoms with van der Waals surface area (Å²) in [6.07, 6.45) is 2.67. The molecule has 0 aliphatic heterocycles. The molecule has 0 saturated carbocycles. The van der Waals surface area contributed by atoms with E-state index in [1.807, 2.05) is 36.4 Å². The zero-order valence-electron chi connectivity index (χ0n) is 10.6. The number of fused-ring (bicyclic) bond motifs is 1. The molecule has 0 amide bonds. The number of rotatable bonds is 2. The van der Waals surface area contributed by atoms with Crippen molar-refractivity contribution in [3.8, 4) is 11.3 Å². The normalized spacial score (nSPS) is 10.8. The van der Waals surface area contributed by atoms with Crippen molar-refractivity contribution in [2.45, 2.75) is 13.3 Å². The number of hydrogen-bond donors (Lipinski definition) is 0. The largest absolute Gasteiger partial charge is 0.256 e. The predicted octanol–water partition coefficient (Wildman–Crippen LogP) is 4.51. The minimum Gasteiger partial charge on any atom is -0.256 e. The molecule has 2 aromatic heterocycles. The third-order valence-corrected chi connectivity index (χ3v) is 3.49. The molecular weight excluding hydrogens is 256 g/mol. The Morgan fingerprint density at radius 3 is 2.74 bits per heavy atom. The summed E-state index contributed by atoms with van der Waals surface area (Å²) in [5.74, 6) is 0. The lowest BCUT2D eigenvalue weighted by Crippen LogP contribution is -1.95. The van der Waals surface area contributed by atoms with Crippen LogP contribution in [0.1, 0.15) is 12.6 Å². The number of halogens is 1. The van der Waals surface area contributed by atoms with E-state index < -0.39 is 0 Å². The van der Waals surface area contributed by atoms with E-state index in [1.54, 1.807) is 6.20 Å². The predicted molar refractivity (Wildman–Crippen MR) is 79.4 cm³/mol. The molecular formula is C16H13ClN2. The van der Waals surface area contributed by atoms with E-state index >= 15 is 0 Å². The van der Waals surface area contributed by atoms with Gasteiger partial charge in [-0.2, -0.15) is 0 Å². The maximum Gasteiger partial charge on any atom is 0.0720 e. The summed E-state index contributed by atoms with van der Waals surface area (Å²) in [5, 5.41) is 1.70. The summed E-state index contributed by atoms with van der Waals surface area (Å²) in [4.78, 5) is 9.12. The quantitative estimate of drug-likeness (QED) is 0.683. The van der Waals surface area contributed by atoms with Crippen molar-refractivity contribution in [1.29, 1.82) is 0 Å². The highest BCUT2D eigenvalue weighted by atomic mass is 35.5. The number of hydrogen-bond acceptors (Lipinski definition) is 2. The van der Waals surface area contributed by atoms with Gasteiger partial charge in [-0.05, 0) is 36.8 Å². The van der Waals surface area contributed by atoms with Crippen molar-refractivity contribution in [3.63, 3.8) is 0 Å². The van der Waals surface area contributed by atoms with Crippen LogP contribution < -0.4 is 0 Å². The van der Waals surface area contributed by atoms with E-state index in [1.165, 1.54) is 0 Å². The Kier molecular flexibility index (Phi) is 3.18. The van der Waals surface area contributed by atoms with Gasteiger partial charge in [0.15, 0.2) is 0 Å². The van der Waals surface area contributed by atoms with Gasteiger partial charge in [-0.1, -0.05) is 30.7 Å². The van der Waals surface area contributed by atoms with Crippen LogP contribution in [-0.2, 0) is 6.42 Å². The number of nitrogens with zero attached hydrogens (tertiary/aromatic N) is 2. The molecule has 2 nitrogen and oxygen atoms in total. The molecule has 19 heavy (non-hydrogen) atoms. The summed E-state index contributed by atoms with van der Waals surface area (Å²) in [6.45, 7) is 2.10. The molecule has 0 radical (unpaired) electrons. The van der Waals surface area contributed by atoms with Gasteiger partial charge in [-0.3, -0.25) is 9.97 Å². The number of benzene rings is 1. The molecule has 1 aromatic carbocycles. The summed E-state index contributed by atoms with van der Waals surface area (Å²) in [7, 11) is 0. The summed E-state index contributed by atoms with van der Waals surface area (Å²) in [6, 6.07) is 13.8. The molecule has 0 aliphatic rings. The van der Waals surface area contributed by atoms with Crippen molar-refractivity contribution in [3.05, 3.63) is 59.4 Å².